The molecule has 1 heterocycles. The fourth-order valence-corrected chi connectivity index (χ4v) is 5.19. The van der Waals surface area contributed by atoms with E-state index in [0.717, 1.165) is 33.6 Å². The molecule has 0 aliphatic rings. The molecule has 5 heteroatoms. The fourth-order valence-electron chi connectivity index (χ4n) is 4.25. The lowest BCUT2D eigenvalue weighted by molar-refractivity contribution is 0.106. The topological polar surface area (TPSA) is 31.4 Å². The Morgan fingerprint density at radius 2 is 1.32 bits per heavy atom. The number of hydrogen-bond donors (Lipinski definition) is 0. The first kappa shape index (κ1) is 29.2. The smallest absolute Gasteiger partial charge is 0.192 e. The van der Waals surface area contributed by atoms with Crippen LogP contribution in [0.1, 0.15) is 88.4 Å². The van der Waals surface area contributed by atoms with E-state index in [9.17, 15) is 0 Å². The Balaban J connectivity index is 2.20. The average molecular weight is 522 g/mol. The van der Waals surface area contributed by atoms with Crippen LogP contribution in [0.3, 0.4) is 0 Å². The Bertz CT molecular complexity index is 1180. The summed E-state index contributed by atoms with van der Waals surface area (Å²) < 4.78 is 28.5. The zero-order valence-electron chi connectivity index (χ0n) is 24.1. The molecule has 2 aromatic carbocycles. The number of ether oxygens (including phenoxy) is 1. The summed E-state index contributed by atoms with van der Waals surface area (Å²) in [7, 11) is -2.06. The third kappa shape index (κ3) is 6.95. The van der Waals surface area contributed by atoms with Crippen molar-refractivity contribution in [1.82, 2.24) is 4.98 Å². The van der Waals surface area contributed by atoms with E-state index in [-0.39, 0.29) is 22.7 Å². The molecule has 3 nitrogen and oxygen atoms in total. The molecule has 0 amide bonds. The summed E-state index contributed by atoms with van der Waals surface area (Å²) in [6.07, 6.45) is 0. The minimum Gasteiger partial charge on any atom is -0.412 e. The quantitative estimate of drug-likeness (QED) is 0.249. The Hall–Kier alpha value is -2.34. The van der Waals surface area contributed by atoms with Crippen LogP contribution in [0.15, 0.2) is 54.6 Å². The van der Waals surface area contributed by atoms with E-state index in [1.54, 1.807) is 6.07 Å². The first-order valence-corrected chi connectivity index (χ1v) is 16.3. The molecule has 0 bridgehead atoms. The van der Waals surface area contributed by atoms with Gasteiger partial charge in [-0.25, -0.2) is 4.39 Å². The highest BCUT2D eigenvalue weighted by Crippen LogP contribution is 2.41. The second kappa shape index (κ2) is 12.0. The van der Waals surface area contributed by atoms with E-state index in [0.29, 0.717) is 25.4 Å². The molecule has 0 spiro atoms. The molecule has 0 N–H and O–H groups in total. The monoisotopic (exact) mass is 521 g/mol. The van der Waals surface area contributed by atoms with Crippen molar-refractivity contribution in [3.63, 3.8) is 0 Å². The Labute approximate surface area is 224 Å². The highest BCUT2D eigenvalue weighted by molar-refractivity contribution is 6.74. The molecule has 0 unspecified atom stereocenters. The van der Waals surface area contributed by atoms with Crippen molar-refractivity contribution in [1.29, 1.82) is 0 Å². The lowest BCUT2D eigenvalue weighted by atomic mass is 9.87. The summed E-state index contributed by atoms with van der Waals surface area (Å²) in [6, 6.07) is 17.2. The van der Waals surface area contributed by atoms with Crippen molar-refractivity contribution in [2.24, 2.45) is 0 Å². The SMILES string of the molecule is CC(C)c1nc(C(C)C)c(CO[Si](C)(C)C(C)(C)C)c(-c2ccccc2F)c1COCc1ccccc1. The summed E-state index contributed by atoms with van der Waals surface area (Å²) in [5.74, 6) is 0.0880. The van der Waals surface area contributed by atoms with Gasteiger partial charge < -0.3 is 9.16 Å². The number of benzene rings is 2. The molecule has 1 aromatic heterocycles. The maximum absolute atomic E-state index is 15.5. The highest BCUT2D eigenvalue weighted by Gasteiger charge is 2.38. The molecule has 0 radical (unpaired) electrons. The number of rotatable bonds is 10. The van der Waals surface area contributed by atoms with Crippen LogP contribution in [0, 0.1) is 5.82 Å². The van der Waals surface area contributed by atoms with Crippen molar-refractivity contribution in [3.05, 3.63) is 88.5 Å². The number of pyridine rings is 1. The first-order chi connectivity index (χ1) is 17.3. The molecule has 3 aromatic rings. The predicted octanol–water partition coefficient (Wildman–Crippen LogP) is 9.37. The molecule has 0 atom stereocenters. The maximum Gasteiger partial charge on any atom is 0.192 e. The molecule has 0 saturated carbocycles. The van der Waals surface area contributed by atoms with Gasteiger partial charge in [-0.3, -0.25) is 4.98 Å². The molecule has 0 aliphatic carbocycles. The predicted molar refractivity (Wildman–Crippen MR) is 155 cm³/mol. The molecule has 0 aliphatic heterocycles. The molecular formula is C32H44FNO2Si. The van der Waals surface area contributed by atoms with Crippen LogP contribution in [0.5, 0.6) is 0 Å². The second-order valence-electron chi connectivity index (χ2n) is 12.0. The van der Waals surface area contributed by atoms with Crippen LogP contribution in [-0.4, -0.2) is 13.3 Å². The Kier molecular flexibility index (Phi) is 9.49. The lowest BCUT2D eigenvalue weighted by Gasteiger charge is -2.37. The van der Waals surface area contributed by atoms with Crippen LogP contribution in [0.2, 0.25) is 18.1 Å². The Morgan fingerprint density at radius 1 is 0.784 bits per heavy atom. The molecule has 3 rings (SSSR count). The number of aromatic nitrogens is 1. The van der Waals surface area contributed by atoms with Gasteiger partial charge in [-0.15, -0.1) is 0 Å². The molecule has 0 saturated heterocycles. The van der Waals surface area contributed by atoms with Gasteiger partial charge in [0.15, 0.2) is 8.32 Å². The van der Waals surface area contributed by atoms with E-state index in [4.69, 9.17) is 14.1 Å². The van der Waals surface area contributed by atoms with Gasteiger partial charge in [-0.1, -0.05) is 97.0 Å². The third-order valence-electron chi connectivity index (χ3n) is 7.44. The van der Waals surface area contributed by atoms with Gasteiger partial charge in [-0.05, 0) is 47.2 Å². The van der Waals surface area contributed by atoms with Gasteiger partial charge in [0.2, 0.25) is 0 Å². The normalized spacial score (nSPS) is 12.5. The summed E-state index contributed by atoms with van der Waals surface area (Å²) >= 11 is 0. The lowest BCUT2D eigenvalue weighted by Crippen LogP contribution is -2.40. The van der Waals surface area contributed by atoms with Gasteiger partial charge in [0.25, 0.3) is 0 Å². The van der Waals surface area contributed by atoms with Crippen LogP contribution >= 0.6 is 0 Å². The van der Waals surface area contributed by atoms with Crippen molar-refractivity contribution in [2.45, 2.75) is 98.3 Å². The van der Waals surface area contributed by atoms with Crippen molar-refractivity contribution < 1.29 is 13.6 Å². The molecular weight excluding hydrogens is 477 g/mol. The summed E-state index contributed by atoms with van der Waals surface area (Å²) in [4.78, 5) is 5.21. The van der Waals surface area contributed by atoms with Crippen molar-refractivity contribution in [3.8, 4) is 11.1 Å². The summed E-state index contributed by atoms with van der Waals surface area (Å²) in [6.45, 7) is 21.1. The zero-order valence-corrected chi connectivity index (χ0v) is 25.1. The van der Waals surface area contributed by atoms with Gasteiger partial charge in [0, 0.05) is 28.1 Å². The van der Waals surface area contributed by atoms with Gasteiger partial charge in [-0.2, -0.15) is 0 Å². The average Bonchev–Trinajstić information content (AvgIpc) is 2.82. The maximum atomic E-state index is 15.5. The third-order valence-corrected chi connectivity index (χ3v) is 11.9. The van der Waals surface area contributed by atoms with E-state index >= 15 is 4.39 Å². The van der Waals surface area contributed by atoms with E-state index < -0.39 is 8.32 Å². The number of nitrogens with zero attached hydrogens (tertiary/aromatic N) is 1. The number of halogens is 1. The summed E-state index contributed by atoms with van der Waals surface area (Å²) in [5, 5.41) is 0.0656. The summed E-state index contributed by atoms with van der Waals surface area (Å²) in [5.41, 5.74) is 6.45. The van der Waals surface area contributed by atoms with Gasteiger partial charge in [0.05, 0.1) is 19.8 Å². The van der Waals surface area contributed by atoms with Crippen molar-refractivity contribution >= 4 is 8.32 Å². The molecule has 37 heavy (non-hydrogen) atoms. The van der Waals surface area contributed by atoms with Gasteiger partial charge in [0.1, 0.15) is 5.82 Å². The van der Waals surface area contributed by atoms with Crippen LogP contribution in [0.25, 0.3) is 11.1 Å². The zero-order chi connectivity index (χ0) is 27.4. The number of hydrogen-bond acceptors (Lipinski definition) is 3. The minimum absolute atomic E-state index is 0.0656. The van der Waals surface area contributed by atoms with Gasteiger partial charge >= 0.3 is 0 Å². The van der Waals surface area contributed by atoms with E-state index in [1.165, 1.54) is 6.07 Å². The second-order valence-corrected chi connectivity index (χ2v) is 16.8. The van der Waals surface area contributed by atoms with Crippen LogP contribution in [-0.2, 0) is 29.0 Å². The Morgan fingerprint density at radius 3 is 1.86 bits per heavy atom. The fraction of sp³-hybridized carbons (Fsp3) is 0.469. The largest absolute Gasteiger partial charge is 0.412 e. The first-order valence-electron chi connectivity index (χ1n) is 13.4. The molecule has 0 fully saturated rings. The highest BCUT2D eigenvalue weighted by atomic mass is 28.4. The van der Waals surface area contributed by atoms with E-state index in [1.807, 2.05) is 30.3 Å². The van der Waals surface area contributed by atoms with E-state index in [2.05, 4.69) is 73.7 Å². The molecule has 200 valence electrons. The minimum atomic E-state index is -2.06. The van der Waals surface area contributed by atoms with Crippen molar-refractivity contribution in [2.75, 3.05) is 0 Å². The standard InChI is InChI=1S/C32H44FNO2Si/c1-22(2)30-26(20-35-19-24-15-11-10-12-16-24)29(25-17-13-14-18-28(25)33)27(31(34-30)23(3)4)21-36-37(8,9)32(5,6)7/h10-18,22-23H,19-21H2,1-9H3. The van der Waals surface area contributed by atoms with Crippen LogP contribution < -0.4 is 0 Å². The van der Waals surface area contributed by atoms with Crippen LogP contribution in [0.4, 0.5) is 4.39 Å².